The van der Waals surface area contributed by atoms with Crippen LogP contribution in [0.3, 0.4) is 0 Å². The number of nitrogens with zero attached hydrogens (tertiary/aromatic N) is 3. The van der Waals surface area contributed by atoms with Crippen molar-refractivity contribution < 1.29 is 22.7 Å². The number of ether oxygens (including phenoxy) is 1. The highest BCUT2D eigenvalue weighted by Crippen LogP contribution is 2.38. The van der Waals surface area contributed by atoms with Gasteiger partial charge in [0.05, 0.1) is 13.7 Å². The standard InChI is InChI=1S/C19H20F3N3O3/c1-4-9-18(2)16(27)24(11-12-5-7-13(28-3)8-6-12)17-23-14(19(20,21)22)10-15(26)25(17)18/h5-8,10H,4,9,11H2,1-3H3. The molecule has 0 N–H and O–H groups in total. The van der Waals surface area contributed by atoms with Crippen LogP contribution >= 0.6 is 0 Å². The van der Waals surface area contributed by atoms with Gasteiger partial charge in [0.1, 0.15) is 11.3 Å². The molecule has 6 nitrogen and oxygen atoms in total. The Morgan fingerprint density at radius 1 is 1.18 bits per heavy atom. The van der Waals surface area contributed by atoms with Crippen molar-refractivity contribution in [2.24, 2.45) is 0 Å². The molecule has 2 heterocycles. The third-order valence-electron chi connectivity index (χ3n) is 4.87. The van der Waals surface area contributed by atoms with E-state index in [4.69, 9.17) is 4.74 Å². The van der Waals surface area contributed by atoms with Gasteiger partial charge in [-0.2, -0.15) is 13.2 Å². The lowest BCUT2D eigenvalue weighted by molar-refractivity contribution is -0.141. The number of amides is 1. The van der Waals surface area contributed by atoms with E-state index >= 15 is 0 Å². The fourth-order valence-electron chi connectivity index (χ4n) is 3.50. The number of hydrogen-bond donors (Lipinski definition) is 0. The van der Waals surface area contributed by atoms with Crippen molar-refractivity contribution >= 4 is 11.9 Å². The molecule has 0 saturated carbocycles. The summed E-state index contributed by atoms with van der Waals surface area (Å²) in [6.45, 7) is 3.40. The molecule has 1 aromatic carbocycles. The molecule has 0 saturated heterocycles. The minimum Gasteiger partial charge on any atom is -0.497 e. The monoisotopic (exact) mass is 395 g/mol. The molecule has 3 rings (SSSR count). The molecule has 9 heteroatoms. The highest BCUT2D eigenvalue weighted by atomic mass is 19.4. The number of anilines is 1. The quantitative estimate of drug-likeness (QED) is 0.779. The smallest absolute Gasteiger partial charge is 0.433 e. The van der Waals surface area contributed by atoms with Gasteiger partial charge < -0.3 is 4.74 Å². The number of rotatable bonds is 5. The molecule has 28 heavy (non-hydrogen) atoms. The van der Waals surface area contributed by atoms with Crippen LogP contribution < -0.4 is 15.2 Å². The first-order valence-electron chi connectivity index (χ1n) is 8.78. The fraction of sp³-hybridized carbons (Fsp3) is 0.421. The van der Waals surface area contributed by atoms with E-state index < -0.39 is 28.9 Å². The maximum atomic E-state index is 13.2. The van der Waals surface area contributed by atoms with Crippen molar-refractivity contribution in [3.8, 4) is 5.75 Å². The number of carbonyl (C=O) groups is 1. The summed E-state index contributed by atoms with van der Waals surface area (Å²) in [5.74, 6) is -0.118. The summed E-state index contributed by atoms with van der Waals surface area (Å²) >= 11 is 0. The van der Waals surface area contributed by atoms with E-state index in [-0.39, 0.29) is 12.5 Å². The number of benzene rings is 1. The zero-order valence-electron chi connectivity index (χ0n) is 15.7. The topological polar surface area (TPSA) is 64.4 Å². The first kappa shape index (κ1) is 19.9. The van der Waals surface area contributed by atoms with Crippen LogP contribution in [0.25, 0.3) is 0 Å². The Balaban J connectivity index is 2.12. The van der Waals surface area contributed by atoms with E-state index in [0.29, 0.717) is 30.2 Å². The zero-order valence-corrected chi connectivity index (χ0v) is 15.7. The second-order valence-electron chi connectivity index (χ2n) is 6.88. The van der Waals surface area contributed by atoms with Crippen molar-refractivity contribution in [2.75, 3.05) is 12.0 Å². The summed E-state index contributed by atoms with van der Waals surface area (Å²) in [6.07, 6.45) is -3.90. The predicted octanol–water partition coefficient (Wildman–Crippen LogP) is 3.33. The Kier molecular flexibility index (Phi) is 4.95. The van der Waals surface area contributed by atoms with E-state index in [9.17, 15) is 22.8 Å². The predicted molar refractivity (Wildman–Crippen MR) is 96.2 cm³/mol. The van der Waals surface area contributed by atoms with E-state index in [2.05, 4.69) is 4.98 Å². The van der Waals surface area contributed by atoms with E-state index in [1.807, 2.05) is 6.92 Å². The largest absolute Gasteiger partial charge is 0.497 e. The Labute approximate surface area is 159 Å². The molecule has 1 aliphatic heterocycles. The van der Waals surface area contributed by atoms with E-state index in [1.165, 1.54) is 7.11 Å². The van der Waals surface area contributed by atoms with Crippen molar-refractivity contribution in [3.05, 3.63) is 51.9 Å². The third kappa shape index (κ3) is 3.25. The Morgan fingerprint density at radius 2 is 1.82 bits per heavy atom. The van der Waals surface area contributed by atoms with Gasteiger partial charge in [-0.25, -0.2) is 4.98 Å². The lowest BCUT2D eigenvalue weighted by Gasteiger charge is -2.23. The van der Waals surface area contributed by atoms with Crippen LogP contribution in [-0.4, -0.2) is 22.6 Å². The molecule has 0 fully saturated rings. The summed E-state index contributed by atoms with van der Waals surface area (Å²) < 4.78 is 45.7. The average molecular weight is 395 g/mol. The molecular formula is C19H20F3N3O3. The molecule has 1 amide bonds. The summed E-state index contributed by atoms with van der Waals surface area (Å²) in [5, 5.41) is 0. The number of alkyl halides is 3. The average Bonchev–Trinajstić information content (AvgIpc) is 2.84. The highest BCUT2D eigenvalue weighted by Gasteiger charge is 2.49. The number of fused-ring (bicyclic) bond motifs is 1. The van der Waals surface area contributed by atoms with Crippen molar-refractivity contribution in [1.29, 1.82) is 0 Å². The highest BCUT2D eigenvalue weighted by molar-refractivity contribution is 6.01. The number of aromatic nitrogens is 2. The molecule has 0 bridgehead atoms. The second-order valence-corrected chi connectivity index (χ2v) is 6.88. The van der Waals surface area contributed by atoms with E-state index in [1.54, 1.807) is 31.2 Å². The van der Waals surface area contributed by atoms with Gasteiger partial charge in [-0.1, -0.05) is 25.5 Å². The third-order valence-corrected chi connectivity index (χ3v) is 4.87. The van der Waals surface area contributed by atoms with Gasteiger partial charge in [-0.15, -0.1) is 0 Å². The zero-order chi connectivity index (χ0) is 20.7. The van der Waals surface area contributed by atoms with Crippen LogP contribution in [-0.2, 0) is 23.1 Å². The minimum absolute atomic E-state index is 0.00408. The van der Waals surface area contributed by atoms with Gasteiger partial charge in [-0.3, -0.25) is 19.1 Å². The molecule has 1 unspecified atom stereocenters. The lowest BCUT2D eigenvalue weighted by atomic mass is 9.95. The van der Waals surface area contributed by atoms with E-state index in [0.717, 1.165) is 9.47 Å². The Bertz CT molecular complexity index is 954. The van der Waals surface area contributed by atoms with Crippen LogP contribution in [0.15, 0.2) is 35.1 Å². The van der Waals surface area contributed by atoms with Gasteiger partial charge in [0.15, 0.2) is 5.69 Å². The summed E-state index contributed by atoms with van der Waals surface area (Å²) in [6, 6.07) is 7.23. The Hall–Kier alpha value is -2.84. The van der Waals surface area contributed by atoms with Gasteiger partial charge >= 0.3 is 6.18 Å². The normalized spacial score (nSPS) is 19.1. The minimum atomic E-state index is -4.78. The first-order valence-corrected chi connectivity index (χ1v) is 8.78. The second kappa shape index (κ2) is 6.96. The SMILES string of the molecule is CCCC1(C)C(=O)N(Cc2ccc(OC)cc2)c2nc(C(F)(F)F)cc(=O)n21. The van der Waals surface area contributed by atoms with Crippen LogP contribution in [0.1, 0.15) is 37.9 Å². The number of halogens is 3. The fourth-order valence-corrected chi connectivity index (χ4v) is 3.50. The van der Waals surface area contributed by atoms with Gasteiger partial charge in [-0.05, 0) is 31.0 Å². The summed E-state index contributed by atoms with van der Waals surface area (Å²) in [4.78, 5) is 30.4. The van der Waals surface area contributed by atoms with Gasteiger partial charge in [0, 0.05) is 6.07 Å². The molecule has 0 radical (unpaired) electrons. The molecule has 0 aliphatic carbocycles. The summed E-state index contributed by atoms with van der Waals surface area (Å²) in [7, 11) is 1.51. The molecule has 1 aromatic heterocycles. The molecule has 1 atom stereocenters. The van der Waals surface area contributed by atoms with Crippen LogP contribution in [0.4, 0.5) is 19.1 Å². The van der Waals surface area contributed by atoms with Crippen LogP contribution in [0.2, 0.25) is 0 Å². The van der Waals surface area contributed by atoms with Crippen molar-refractivity contribution in [1.82, 2.24) is 9.55 Å². The Morgan fingerprint density at radius 3 is 2.36 bits per heavy atom. The number of carbonyl (C=O) groups excluding carboxylic acids is 1. The number of methoxy groups -OCH3 is 1. The molecule has 2 aromatic rings. The maximum Gasteiger partial charge on any atom is 0.433 e. The van der Waals surface area contributed by atoms with Gasteiger partial charge in [0.2, 0.25) is 5.95 Å². The lowest BCUT2D eigenvalue weighted by Crippen LogP contribution is -2.43. The molecule has 1 aliphatic rings. The van der Waals surface area contributed by atoms with Crippen LogP contribution in [0, 0.1) is 0 Å². The first-order chi connectivity index (χ1) is 13.1. The molecular weight excluding hydrogens is 375 g/mol. The van der Waals surface area contributed by atoms with Gasteiger partial charge in [0.25, 0.3) is 11.5 Å². The van der Waals surface area contributed by atoms with Crippen LogP contribution in [0.5, 0.6) is 5.75 Å². The molecule has 150 valence electrons. The molecule has 0 spiro atoms. The maximum absolute atomic E-state index is 13.2. The van der Waals surface area contributed by atoms with Crippen molar-refractivity contribution in [2.45, 2.75) is 44.9 Å². The number of hydrogen-bond acceptors (Lipinski definition) is 4. The summed E-state index contributed by atoms with van der Waals surface area (Å²) in [5.41, 5.74) is -2.80. The van der Waals surface area contributed by atoms with Crippen molar-refractivity contribution in [3.63, 3.8) is 0 Å².